The lowest BCUT2D eigenvalue weighted by Gasteiger charge is -2.21. The van der Waals surface area contributed by atoms with E-state index in [9.17, 15) is 9.59 Å². The van der Waals surface area contributed by atoms with Gasteiger partial charge in [0.25, 0.3) is 0 Å². The highest BCUT2D eigenvalue weighted by atomic mass is 16.2. The summed E-state index contributed by atoms with van der Waals surface area (Å²) in [5, 5.41) is 6.14. The molecular weight excluding hydrogens is 520 g/mol. The Kier molecular flexibility index (Phi) is 33.4. The van der Waals surface area contributed by atoms with Crippen molar-refractivity contribution in [3.8, 4) is 0 Å². The van der Waals surface area contributed by atoms with E-state index in [0.29, 0.717) is 32.5 Å². The third kappa shape index (κ3) is 31.8. The Bertz CT molecular complexity index is 527. The molecule has 6 nitrogen and oxygen atoms in total. The molecule has 250 valence electrons. The molecule has 42 heavy (non-hydrogen) atoms. The summed E-state index contributed by atoms with van der Waals surface area (Å²) in [5.41, 5.74) is 5.78. The van der Waals surface area contributed by atoms with Crippen LogP contribution in [-0.4, -0.2) is 56.0 Å². The van der Waals surface area contributed by atoms with E-state index in [2.05, 4.69) is 29.4 Å². The normalized spacial score (nSPS) is 11.3. The van der Waals surface area contributed by atoms with Gasteiger partial charge in [-0.15, -0.1) is 0 Å². The van der Waals surface area contributed by atoms with Crippen molar-refractivity contribution in [3.63, 3.8) is 0 Å². The Balaban J connectivity index is 3.62. The van der Waals surface area contributed by atoms with Gasteiger partial charge in [-0.3, -0.25) is 9.59 Å². The van der Waals surface area contributed by atoms with E-state index in [0.717, 1.165) is 32.5 Å². The van der Waals surface area contributed by atoms with E-state index >= 15 is 0 Å². The molecule has 0 aliphatic carbocycles. The Hall–Kier alpha value is -1.14. The van der Waals surface area contributed by atoms with E-state index < -0.39 is 0 Å². The summed E-state index contributed by atoms with van der Waals surface area (Å²) in [6.45, 7) is 8.67. The molecule has 0 aliphatic heterocycles. The lowest BCUT2D eigenvalue weighted by atomic mass is 10.1. The lowest BCUT2D eigenvalue weighted by Crippen LogP contribution is -2.37. The first kappa shape index (κ1) is 40.9. The molecule has 0 saturated heterocycles. The Labute approximate surface area is 262 Å². The zero-order chi connectivity index (χ0) is 30.8. The molecule has 0 bridgehead atoms. The van der Waals surface area contributed by atoms with Gasteiger partial charge < -0.3 is 21.3 Å². The topological polar surface area (TPSA) is 87.5 Å². The number of hydrogen-bond donors (Lipinski definition) is 3. The fraction of sp³-hybridized carbons (Fsp3) is 0.944. The Morgan fingerprint density at radius 3 is 1.02 bits per heavy atom. The molecule has 0 saturated carbocycles. The van der Waals surface area contributed by atoms with Crippen molar-refractivity contribution in [3.05, 3.63) is 0 Å². The van der Waals surface area contributed by atoms with E-state index in [-0.39, 0.29) is 11.8 Å². The highest BCUT2D eigenvalue weighted by molar-refractivity contribution is 5.76. The van der Waals surface area contributed by atoms with Crippen molar-refractivity contribution >= 4 is 11.8 Å². The summed E-state index contributed by atoms with van der Waals surface area (Å²) in [6, 6.07) is 0. The second-order valence-corrected chi connectivity index (χ2v) is 12.6. The van der Waals surface area contributed by atoms with Gasteiger partial charge in [-0.25, -0.2) is 0 Å². The summed E-state index contributed by atoms with van der Waals surface area (Å²) < 4.78 is 0. The SMILES string of the molecule is CCCCCCCCCCCCCCNC(=O)CCN(CCN)CCC(=O)NCCCCCCCCCCCCCC. The molecule has 0 heterocycles. The molecular formula is C36H74N4O2. The van der Waals surface area contributed by atoms with Gasteiger partial charge in [-0.1, -0.05) is 155 Å². The van der Waals surface area contributed by atoms with Gasteiger partial charge in [0, 0.05) is 52.1 Å². The van der Waals surface area contributed by atoms with Crippen LogP contribution in [0.5, 0.6) is 0 Å². The molecule has 0 fully saturated rings. The molecule has 4 N–H and O–H groups in total. The average molecular weight is 595 g/mol. The first-order valence-electron chi connectivity index (χ1n) is 18.6. The number of nitrogens with two attached hydrogens (primary N) is 1. The van der Waals surface area contributed by atoms with Gasteiger partial charge >= 0.3 is 0 Å². The molecule has 0 radical (unpaired) electrons. The standard InChI is InChI=1S/C36H74N4O2/c1-3-5-7-9-11-13-15-17-19-21-23-25-30-38-35(41)27-32-40(34-29-37)33-28-36(42)39-31-26-24-22-20-18-16-14-12-10-8-6-4-2/h3-34,37H2,1-2H3,(H,38,41)(H,39,42). The van der Waals surface area contributed by atoms with Gasteiger partial charge in [-0.2, -0.15) is 0 Å². The van der Waals surface area contributed by atoms with Crippen molar-refractivity contribution in [1.29, 1.82) is 0 Å². The second-order valence-electron chi connectivity index (χ2n) is 12.6. The molecule has 2 amide bonds. The van der Waals surface area contributed by atoms with Crippen LogP contribution >= 0.6 is 0 Å². The van der Waals surface area contributed by atoms with Crippen molar-refractivity contribution < 1.29 is 9.59 Å². The van der Waals surface area contributed by atoms with Crippen LogP contribution in [0.3, 0.4) is 0 Å². The third-order valence-electron chi connectivity index (χ3n) is 8.46. The number of amides is 2. The van der Waals surface area contributed by atoms with Crippen molar-refractivity contribution in [2.45, 2.75) is 181 Å². The first-order chi connectivity index (χ1) is 20.6. The average Bonchev–Trinajstić information content (AvgIpc) is 2.99. The lowest BCUT2D eigenvalue weighted by molar-refractivity contribution is -0.121. The largest absolute Gasteiger partial charge is 0.356 e. The number of carbonyl (C=O) groups is 2. The maximum absolute atomic E-state index is 12.3. The summed E-state index contributed by atoms with van der Waals surface area (Å²) in [5.74, 6) is 0.216. The number of hydrogen-bond acceptors (Lipinski definition) is 4. The quantitative estimate of drug-likeness (QED) is 0.0651. The van der Waals surface area contributed by atoms with Gasteiger partial charge in [0.1, 0.15) is 0 Å². The molecule has 0 atom stereocenters. The van der Waals surface area contributed by atoms with Gasteiger partial charge in [0.15, 0.2) is 0 Å². The third-order valence-corrected chi connectivity index (χ3v) is 8.46. The zero-order valence-corrected chi connectivity index (χ0v) is 28.5. The first-order valence-corrected chi connectivity index (χ1v) is 18.6. The predicted molar refractivity (Wildman–Crippen MR) is 183 cm³/mol. The minimum absolute atomic E-state index is 0.108. The van der Waals surface area contributed by atoms with Crippen LogP contribution in [-0.2, 0) is 9.59 Å². The minimum atomic E-state index is 0.108. The van der Waals surface area contributed by atoms with Crippen molar-refractivity contribution in [1.82, 2.24) is 15.5 Å². The van der Waals surface area contributed by atoms with E-state index in [1.165, 1.54) is 141 Å². The summed E-state index contributed by atoms with van der Waals surface area (Å²) >= 11 is 0. The number of nitrogens with zero attached hydrogens (tertiary/aromatic N) is 1. The molecule has 0 aromatic carbocycles. The van der Waals surface area contributed by atoms with Crippen molar-refractivity contribution in [2.24, 2.45) is 5.73 Å². The van der Waals surface area contributed by atoms with Crippen LogP contribution in [0.25, 0.3) is 0 Å². The number of carbonyl (C=O) groups excluding carboxylic acids is 2. The Morgan fingerprint density at radius 1 is 0.452 bits per heavy atom. The van der Waals surface area contributed by atoms with Crippen LogP contribution in [0, 0.1) is 0 Å². The van der Waals surface area contributed by atoms with Gasteiger partial charge in [-0.05, 0) is 12.8 Å². The molecule has 0 spiro atoms. The monoisotopic (exact) mass is 595 g/mol. The fourth-order valence-corrected chi connectivity index (χ4v) is 5.60. The van der Waals surface area contributed by atoms with E-state index in [4.69, 9.17) is 5.73 Å². The van der Waals surface area contributed by atoms with E-state index in [1.807, 2.05) is 0 Å². The Morgan fingerprint density at radius 2 is 0.738 bits per heavy atom. The van der Waals surface area contributed by atoms with Gasteiger partial charge in [0.2, 0.25) is 11.8 Å². The summed E-state index contributed by atoms with van der Waals surface area (Å²) in [6.07, 6.45) is 32.8. The van der Waals surface area contributed by atoms with Crippen LogP contribution < -0.4 is 16.4 Å². The van der Waals surface area contributed by atoms with Crippen LogP contribution in [0.2, 0.25) is 0 Å². The summed E-state index contributed by atoms with van der Waals surface area (Å²) in [4.78, 5) is 26.7. The van der Waals surface area contributed by atoms with Crippen LogP contribution in [0.15, 0.2) is 0 Å². The molecule has 0 aromatic heterocycles. The molecule has 0 aliphatic rings. The number of rotatable bonds is 34. The summed E-state index contributed by atoms with van der Waals surface area (Å²) in [7, 11) is 0. The zero-order valence-electron chi connectivity index (χ0n) is 28.5. The van der Waals surface area contributed by atoms with Crippen molar-refractivity contribution in [2.75, 3.05) is 39.3 Å². The maximum Gasteiger partial charge on any atom is 0.221 e. The fourth-order valence-electron chi connectivity index (χ4n) is 5.60. The predicted octanol–water partition coefficient (Wildman–Crippen LogP) is 8.66. The van der Waals surface area contributed by atoms with Crippen LogP contribution in [0.1, 0.15) is 181 Å². The van der Waals surface area contributed by atoms with E-state index in [1.54, 1.807) is 0 Å². The smallest absolute Gasteiger partial charge is 0.221 e. The molecule has 0 aromatic rings. The number of nitrogens with one attached hydrogen (secondary N) is 2. The number of unbranched alkanes of at least 4 members (excludes halogenated alkanes) is 22. The minimum Gasteiger partial charge on any atom is -0.356 e. The molecule has 0 unspecified atom stereocenters. The highest BCUT2D eigenvalue weighted by Gasteiger charge is 2.10. The highest BCUT2D eigenvalue weighted by Crippen LogP contribution is 2.13. The van der Waals surface area contributed by atoms with Gasteiger partial charge in [0.05, 0.1) is 0 Å². The maximum atomic E-state index is 12.3. The van der Waals surface area contributed by atoms with Crippen LogP contribution in [0.4, 0.5) is 0 Å². The molecule has 0 rings (SSSR count). The molecule has 6 heteroatoms. The second kappa shape index (κ2) is 34.4.